The van der Waals surface area contributed by atoms with Crippen LogP contribution < -0.4 is 0 Å². The molecule has 0 aliphatic heterocycles. The van der Waals surface area contributed by atoms with E-state index < -0.39 is 0 Å². The van der Waals surface area contributed by atoms with Gasteiger partial charge in [0.05, 0.1) is 16.8 Å². The van der Waals surface area contributed by atoms with Gasteiger partial charge in [-0.3, -0.25) is 0 Å². The van der Waals surface area contributed by atoms with Crippen LogP contribution >= 0.6 is 11.3 Å². The predicted octanol–water partition coefficient (Wildman–Crippen LogP) is 4.75. The number of benzene rings is 2. The second kappa shape index (κ2) is 4.67. The average Bonchev–Trinajstić information content (AvgIpc) is 3.00. The normalized spacial score (nSPS) is 11.5. The van der Waals surface area contributed by atoms with Crippen LogP contribution in [-0.4, -0.2) is 9.55 Å². The zero-order valence-corrected chi connectivity index (χ0v) is 12.3. The van der Waals surface area contributed by atoms with Crippen LogP contribution in [0.5, 0.6) is 0 Å². The van der Waals surface area contributed by atoms with Gasteiger partial charge in [-0.2, -0.15) is 0 Å². The van der Waals surface area contributed by atoms with Gasteiger partial charge in [-0.15, -0.1) is 11.3 Å². The van der Waals surface area contributed by atoms with Crippen LogP contribution in [0.2, 0.25) is 0 Å². The highest BCUT2D eigenvalue weighted by Gasteiger charge is 2.10. The number of hydrogen-bond donors (Lipinski definition) is 0. The predicted molar refractivity (Wildman–Crippen MR) is 85.4 cm³/mol. The molecule has 2 heterocycles. The average molecular weight is 296 g/mol. The number of rotatable bonds is 2. The van der Waals surface area contributed by atoms with Gasteiger partial charge in [0, 0.05) is 16.6 Å². The molecule has 0 radical (unpaired) electrons. The summed E-state index contributed by atoms with van der Waals surface area (Å²) < 4.78 is 16.7. The quantitative estimate of drug-likeness (QED) is 0.522. The second-order valence-electron chi connectivity index (χ2n) is 5.15. The van der Waals surface area contributed by atoms with Gasteiger partial charge < -0.3 is 4.57 Å². The van der Waals surface area contributed by atoms with Crippen LogP contribution in [-0.2, 0) is 6.54 Å². The van der Waals surface area contributed by atoms with Crippen molar-refractivity contribution in [1.29, 1.82) is 0 Å². The Morgan fingerprint density at radius 2 is 2.00 bits per heavy atom. The molecule has 2 aromatic carbocycles. The van der Waals surface area contributed by atoms with Gasteiger partial charge in [0.1, 0.15) is 10.8 Å². The summed E-state index contributed by atoms with van der Waals surface area (Å²) in [4.78, 5) is 4.68. The summed E-state index contributed by atoms with van der Waals surface area (Å²) in [6.07, 6.45) is 0. The molecule has 0 fully saturated rings. The van der Waals surface area contributed by atoms with Crippen molar-refractivity contribution in [2.75, 3.05) is 0 Å². The third-order valence-corrected chi connectivity index (χ3v) is 4.72. The molecule has 0 aliphatic rings. The number of nitrogens with zero attached hydrogens (tertiary/aromatic N) is 2. The first-order valence-corrected chi connectivity index (χ1v) is 7.62. The first kappa shape index (κ1) is 12.5. The maximum Gasteiger partial charge on any atom is 0.123 e. The van der Waals surface area contributed by atoms with Crippen molar-refractivity contribution in [3.8, 4) is 0 Å². The molecule has 2 nitrogen and oxygen atoms in total. The largest absolute Gasteiger partial charge is 0.338 e. The van der Waals surface area contributed by atoms with Gasteiger partial charge in [-0.1, -0.05) is 12.1 Å². The van der Waals surface area contributed by atoms with Crippen LogP contribution in [0.25, 0.3) is 21.1 Å². The summed E-state index contributed by atoms with van der Waals surface area (Å²) in [5, 5.41) is 2.01. The van der Waals surface area contributed by atoms with Crippen molar-refractivity contribution in [2.24, 2.45) is 0 Å². The Morgan fingerprint density at radius 1 is 1.14 bits per heavy atom. The zero-order chi connectivity index (χ0) is 14.4. The Morgan fingerprint density at radius 3 is 2.86 bits per heavy atom. The summed E-state index contributed by atoms with van der Waals surface area (Å²) in [6.45, 7) is 2.77. The Kier molecular flexibility index (Phi) is 2.79. The standard InChI is InChI=1S/C17H13FN2S/c1-11-8-12-9-13(18)6-7-15(12)20(11)10-17-19-14-4-2-3-5-16(14)21-17/h2-9H,10H2,1H3. The van der Waals surface area contributed by atoms with Crippen LogP contribution in [0, 0.1) is 12.7 Å². The van der Waals surface area contributed by atoms with E-state index in [-0.39, 0.29) is 5.82 Å². The van der Waals surface area contributed by atoms with E-state index in [1.54, 1.807) is 17.4 Å². The van der Waals surface area contributed by atoms with Gasteiger partial charge in [0.2, 0.25) is 0 Å². The van der Waals surface area contributed by atoms with E-state index >= 15 is 0 Å². The van der Waals surface area contributed by atoms with E-state index in [1.165, 1.54) is 10.8 Å². The van der Waals surface area contributed by atoms with Crippen LogP contribution in [0.15, 0.2) is 48.5 Å². The highest BCUT2D eigenvalue weighted by Crippen LogP contribution is 2.26. The third-order valence-electron chi connectivity index (χ3n) is 3.70. The highest BCUT2D eigenvalue weighted by atomic mass is 32.1. The third kappa shape index (κ3) is 2.12. The molecule has 0 aliphatic carbocycles. The molecule has 4 heteroatoms. The number of fused-ring (bicyclic) bond motifs is 2. The fourth-order valence-electron chi connectivity index (χ4n) is 2.71. The minimum Gasteiger partial charge on any atom is -0.338 e. The van der Waals surface area contributed by atoms with Gasteiger partial charge in [0.25, 0.3) is 0 Å². The molecule has 0 bridgehead atoms. The van der Waals surface area contributed by atoms with E-state index in [1.807, 2.05) is 37.3 Å². The zero-order valence-electron chi connectivity index (χ0n) is 11.5. The number of halogens is 1. The van der Waals surface area contributed by atoms with Crippen molar-refractivity contribution in [3.63, 3.8) is 0 Å². The number of thiazole rings is 1. The van der Waals surface area contributed by atoms with E-state index in [0.29, 0.717) is 0 Å². The smallest absolute Gasteiger partial charge is 0.123 e. The monoisotopic (exact) mass is 296 g/mol. The summed E-state index contributed by atoms with van der Waals surface area (Å²) in [5.74, 6) is -0.195. The van der Waals surface area contributed by atoms with Crippen molar-refractivity contribution in [3.05, 3.63) is 65.0 Å². The topological polar surface area (TPSA) is 17.8 Å². The Balaban J connectivity index is 1.81. The Bertz CT molecular complexity index is 919. The van der Waals surface area contributed by atoms with Crippen molar-refractivity contribution < 1.29 is 4.39 Å². The minimum absolute atomic E-state index is 0.195. The van der Waals surface area contributed by atoms with Crippen LogP contribution in [0.1, 0.15) is 10.7 Å². The molecule has 104 valence electrons. The Hall–Kier alpha value is -2.20. The molecule has 2 aromatic heterocycles. The molecule has 0 unspecified atom stereocenters. The number of aryl methyl sites for hydroxylation is 1. The van der Waals surface area contributed by atoms with Gasteiger partial charge in [0.15, 0.2) is 0 Å². The van der Waals surface area contributed by atoms with Crippen molar-refractivity contribution in [2.45, 2.75) is 13.5 Å². The van der Waals surface area contributed by atoms with Gasteiger partial charge in [-0.05, 0) is 43.3 Å². The molecule has 0 atom stereocenters. The lowest BCUT2D eigenvalue weighted by molar-refractivity contribution is 0.629. The van der Waals surface area contributed by atoms with E-state index in [0.717, 1.165) is 33.7 Å². The van der Waals surface area contributed by atoms with Crippen LogP contribution in [0.4, 0.5) is 4.39 Å². The molecule has 0 N–H and O–H groups in total. The second-order valence-corrected chi connectivity index (χ2v) is 6.27. The summed E-state index contributed by atoms with van der Waals surface area (Å²) in [5.41, 5.74) is 3.21. The molecule has 0 spiro atoms. The number of aromatic nitrogens is 2. The summed E-state index contributed by atoms with van der Waals surface area (Å²) in [6, 6.07) is 15.1. The minimum atomic E-state index is -0.195. The van der Waals surface area contributed by atoms with E-state index in [9.17, 15) is 4.39 Å². The van der Waals surface area contributed by atoms with Crippen molar-refractivity contribution in [1.82, 2.24) is 9.55 Å². The summed E-state index contributed by atoms with van der Waals surface area (Å²) in [7, 11) is 0. The molecule has 21 heavy (non-hydrogen) atoms. The fraction of sp³-hybridized carbons (Fsp3) is 0.118. The summed E-state index contributed by atoms with van der Waals surface area (Å²) >= 11 is 1.71. The first-order valence-electron chi connectivity index (χ1n) is 6.80. The molecule has 0 saturated carbocycles. The molecular formula is C17H13FN2S. The van der Waals surface area contributed by atoms with Gasteiger partial charge >= 0.3 is 0 Å². The lowest BCUT2D eigenvalue weighted by atomic mass is 10.2. The highest BCUT2D eigenvalue weighted by molar-refractivity contribution is 7.18. The van der Waals surface area contributed by atoms with E-state index in [4.69, 9.17) is 0 Å². The molecular weight excluding hydrogens is 283 g/mol. The van der Waals surface area contributed by atoms with Crippen LogP contribution in [0.3, 0.4) is 0 Å². The fourth-order valence-corrected chi connectivity index (χ4v) is 3.67. The van der Waals surface area contributed by atoms with Crippen molar-refractivity contribution >= 4 is 32.5 Å². The first-order chi connectivity index (χ1) is 10.2. The molecule has 4 aromatic rings. The maximum absolute atomic E-state index is 13.3. The SMILES string of the molecule is Cc1cc2cc(F)ccc2n1Cc1nc2ccccc2s1. The number of hydrogen-bond acceptors (Lipinski definition) is 2. The number of para-hydroxylation sites is 1. The lowest BCUT2D eigenvalue weighted by Crippen LogP contribution is -2.00. The lowest BCUT2D eigenvalue weighted by Gasteiger charge is -2.05. The molecule has 4 rings (SSSR count). The molecule has 0 saturated heterocycles. The molecule has 0 amide bonds. The Labute approximate surface area is 125 Å². The van der Waals surface area contributed by atoms with Gasteiger partial charge in [-0.25, -0.2) is 9.37 Å². The van der Waals surface area contributed by atoms with E-state index in [2.05, 4.69) is 15.6 Å². The maximum atomic E-state index is 13.3.